The molecule has 2 aromatic carbocycles. The average molecular weight is 338 g/mol. The Hall–Kier alpha value is -1.35. The van der Waals surface area contributed by atoms with E-state index in [1.54, 1.807) is 6.07 Å². The summed E-state index contributed by atoms with van der Waals surface area (Å²) in [6, 6.07) is 9.25. The average Bonchev–Trinajstić information content (AvgIpc) is 2.45. The first kappa shape index (κ1) is 14.6. The van der Waals surface area contributed by atoms with Gasteiger partial charge in [0.1, 0.15) is 5.15 Å². The SMILES string of the molecule is Cc1ccc(Cl)cc1-c1nc(Cl)c2ccc(Cl)c(C)c2n1. The van der Waals surface area contributed by atoms with Gasteiger partial charge in [-0.15, -0.1) is 0 Å². The molecule has 3 rings (SSSR count). The first-order valence-corrected chi connectivity index (χ1v) is 7.49. The van der Waals surface area contributed by atoms with Crippen molar-refractivity contribution in [2.45, 2.75) is 13.8 Å². The van der Waals surface area contributed by atoms with Crippen LogP contribution < -0.4 is 0 Å². The predicted octanol–water partition coefficient (Wildman–Crippen LogP) is 5.87. The zero-order valence-electron chi connectivity index (χ0n) is 11.4. The van der Waals surface area contributed by atoms with Crippen molar-refractivity contribution in [3.63, 3.8) is 0 Å². The van der Waals surface area contributed by atoms with E-state index in [1.165, 1.54) is 0 Å². The van der Waals surface area contributed by atoms with Gasteiger partial charge in [0.15, 0.2) is 5.82 Å². The van der Waals surface area contributed by atoms with Gasteiger partial charge in [-0.1, -0.05) is 40.9 Å². The molecule has 21 heavy (non-hydrogen) atoms. The van der Waals surface area contributed by atoms with Gasteiger partial charge in [0.25, 0.3) is 0 Å². The summed E-state index contributed by atoms with van der Waals surface area (Å²) in [5.41, 5.74) is 3.55. The summed E-state index contributed by atoms with van der Waals surface area (Å²) < 4.78 is 0. The van der Waals surface area contributed by atoms with Gasteiger partial charge in [0, 0.05) is 21.0 Å². The zero-order chi connectivity index (χ0) is 15.1. The Balaban J connectivity index is 2.34. The normalized spacial score (nSPS) is 11.1. The minimum Gasteiger partial charge on any atom is -0.228 e. The molecule has 0 spiro atoms. The number of rotatable bonds is 1. The molecule has 1 aromatic heterocycles. The van der Waals surface area contributed by atoms with Gasteiger partial charge in [-0.3, -0.25) is 0 Å². The molecule has 0 fully saturated rings. The van der Waals surface area contributed by atoms with Gasteiger partial charge in [-0.25, -0.2) is 9.97 Å². The molecule has 1 heterocycles. The standard InChI is InChI=1S/C16H11Cl3N2/c1-8-3-4-10(17)7-12(8)16-20-14-9(2)13(18)6-5-11(14)15(19)21-16/h3-7H,1-2H3. The smallest absolute Gasteiger partial charge is 0.161 e. The highest BCUT2D eigenvalue weighted by Gasteiger charge is 2.13. The van der Waals surface area contributed by atoms with Crippen molar-refractivity contribution in [1.82, 2.24) is 9.97 Å². The van der Waals surface area contributed by atoms with Gasteiger partial charge in [-0.05, 0) is 49.2 Å². The summed E-state index contributed by atoms with van der Waals surface area (Å²) in [7, 11) is 0. The lowest BCUT2D eigenvalue weighted by atomic mass is 10.1. The summed E-state index contributed by atoms with van der Waals surface area (Å²) >= 11 is 18.5. The van der Waals surface area contributed by atoms with E-state index in [9.17, 15) is 0 Å². The highest BCUT2D eigenvalue weighted by atomic mass is 35.5. The number of fused-ring (bicyclic) bond motifs is 1. The lowest BCUT2D eigenvalue weighted by molar-refractivity contribution is 1.20. The Labute approximate surface area is 137 Å². The maximum absolute atomic E-state index is 6.30. The van der Waals surface area contributed by atoms with E-state index in [4.69, 9.17) is 34.8 Å². The van der Waals surface area contributed by atoms with E-state index in [0.717, 1.165) is 27.6 Å². The quantitative estimate of drug-likeness (QED) is 0.519. The molecule has 5 heteroatoms. The van der Waals surface area contributed by atoms with Crippen LogP contribution in [0.15, 0.2) is 30.3 Å². The monoisotopic (exact) mass is 336 g/mol. The van der Waals surface area contributed by atoms with E-state index < -0.39 is 0 Å². The van der Waals surface area contributed by atoms with Gasteiger partial charge in [0.05, 0.1) is 5.52 Å². The third-order valence-electron chi connectivity index (χ3n) is 3.45. The molecule has 0 saturated heterocycles. The summed E-state index contributed by atoms with van der Waals surface area (Å²) in [5.74, 6) is 0.554. The molecule has 0 aliphatic rings. The molecule has 0 atom stereocenters. The minimum atomic E-state index is 0.411. The molecule has 0 unspecified atom stereocenters. The maximum Gasteiger partial charge on any atom is 0.161 e. The van der Waals surface area contributed by atoms with Crippen LogP contribution in [0, 0.1) is 13.8 Å². The molecular formula is C16H11Cl3N2. The van der Waals surface area contributed by atoms with E-state index in [-0.39, 0.29) is 0 Å². The lowest BCUT2D eigenvalue weighted by Gasteiger charge is -2.10. The topological polar surface area (TPSA) is 25.8 Å². The van der Waals surface area contributed by atoms with Crippen molar-refractivity contribution in [3.8, 4) is 11.4 Å². The number of halogens is 3. The Morgan fingerprint density at radius 1 is 0.905 bits per heavy atom. The molecule has 0 aliphatic carbocycles. The molecule has 0 saturated carbocycles. The number of hydrogen-bond donors (Lipinski definition) is 0. The van der Waals surface area contributed by atoms with Crippen LogP contribution in [0.5, 0.6) is 0 Å². The fourth-order valence-corrected chi connectivity index (χ4v) is 2.78. The largest absolute Gasteiger partial charge is 0.228 e. The van der Waals surface area contributed by atoms with Crippen molar-refractivity contribution in [2.75, 3.05) is 0 Å². The third kappa shape index (κ3) is 2.59. The molecule has 3 aromatic rings. The van der Waals surface area contributed by atoms with Crippen molar-refractivity contribution in [3.05, 3.63) is 56.7 Å². The van der Waals surface area contributed by atoms with Gasteiger partial charge in [-0.2, -0.15) is 0 Å². The number of hydrogen-bond acceptors (Lipinski definition) is 2. The summed E-state index contributed by atoms with van der Waals surface area (Å²) in [4.78, 5) is 9.03. The van der Waals surface area contributed by atoms with E-state index in [2.05, 4.69) is 9.97 Å². The van der Waals surface area contributed by atoms with Crippen molar-refractivity contribution in [2.24, 2.45) is 0 Å². The van der Waals surface area contributed by atoms with Crippen LogP contribution in [-0.4, -0.2) is 9.97 Å². The minimum absolute atomic E-state index is 0.411. The second-order valence-electron chi connectivity index (χ2n) is 4.87. The zero-order valence-corrected chi connectivity index (χ0v) is 13.7. The predicted molar refractivity (Wildman–Crippen MR) is 89.5 cm³/mol. The molecule has 0 amide bonds. The van der Waals surface area contributed by atoms with Crippen LogP contribution in [0.3, 0.4) is 0 Å². The fraction of sp³-hybridized carbons (Fsp3) is 0.125. The fourth-order valence-electron chi connectivity index (χ4n) is 2.23. The third-order valence-corrected chi connectivity index (χ3v) is 4.38. The molecular weight excluding hydrogens is 327 g/mol. The maximum atomic E-state index is 6.30. The van der Waals surface area contributed by atoms with Crippen molar-refractivity contribution < 1.29 is 0 Å². The molecule has 106 valence electrons. The number of aryl methyl sites for hydroxylation is 2. The first-order chi connectivity index (χ1) is 9.97. The molecule has 0 bridgehead atoms. The number of benzene rings is 2. The molecule has 0 N–H and O–H groups in total. The van der Waals surface area contributed by atoms with Crippen LogP contribution in [0.2, 0.25) is 15.2 Å². The Morgan fingerprint density at radius 3 is 2.43 bits per heavy atom. The van der Waals surface area contributed by atoms with E-state index in [0.29, 0.717) is 21.0 Å². The Morgan fingerprint density at radius 2 is 1.67 bits per heavy atom. The van der Waals surface area contributed by atoms with E-state index >= 15 is 0 Å². The van der Waals surface area contributed by atoms with Crippen molar-refractivity contribution >= 4 is 45.7 Å². The van der Waals surface area contributed by atoms with Crippen LogP contribution in [0.25, 0.3) is 22.3 Å². The second kappa shape index (κ2) is 5.45. The van der Waals surface area contributed by atoms with E-state index in [1.807, 2.05) is 38.1 Å². The highest BCUT2D eigenvalue weighted by Crippen LogP contribution is 2.31. The van der Waals surface area contributed by atoms with Crippen LogP contribution in [0.4, 0.5) is 0 Å². The van der Waals surface area contributed by atoms with Crippen molar-refractivity contribution in [1.29, 1.82) is 0 Å². The lowest BCUT2D eigenvalue weighted by Crippen LogP contribution is -1.96. The summed E-state index contributed by atoms with van der Waals surface area (Å²) in [5, 5.41) is 2.50. The molecule has 0 aliphatic heterocycles. The van der Waals surface area contributed by atoms with Crippen LogP contribution in [0.1, 0.15) is 11.1 Å². The highest BCUT2D eigenvalue weighted by molar-refractivity contribution is 6.35. The summed E-state index contributed by atoms with van der Waals surface area (Å²) in [6.45, 7) is 3.90. The number of aromatic nitrogens is 2. The molecule has 0 radical (unpaired) electrons. The number of nitrogens with zero attached hydrogens (tertiary/aromatic N) is 2. The molecule has 2 nitrogen and oxygen atoms in total. The first-order valence-electron chi connectivity index (χ1n) is 6.36. The van der Waals surface area contributed by atoms with Crippen LogP contribution in [-0.2, 0) is 0 Å². The van der Waals surface area contributed by atoms with Crippen LogP contribution >= 0.6 is 34.8 Å². The summed E-state index contributed by atoms with van der Waals surface area (Å²) in [6.07, 6.45) is 0. The Kier molecular flexibility index (Phi) is 3.78. The van der Waals surface area contributed by atoms with Gasteiger partial charge < -0.3 is 0 Å². The second-order valence-corrected chi connectivity index (χ2v) is 6.07. The van der Waals surface area contributed by atoms with Gasteiger partial charge >= 0.3 is 0 Å². The Bertz CT molecular complexity index is 860. The van der Waals surface area contributed by atoms with Gasteiger partial charge in [0.2, 0.25) is 0 Å².